The van der Waals surface area contributed by atoms with E-state index < -0.39 is 0 Å². The first-order chi connectivity index (χ1) is 10.1. The number of thioether (sulfide) groups is 1. The number of anilines is 1. The molecular weight excluding hydrogens is 280 g/mol. The number of hydrogen-bond donors (Lipinski definition) is 0. The molecule has 3 nitrogen and oxygen atoms in total. The Labute approximate surface area is 129 Å². The monoisotopic (exact) mass is 298 g/mol. The van der Waals surface area contributed by atoms with E-state index >= 15 is 0 Å². The molecule has 0 bridgehead atoms. The molecule has 1 aliphatic rings. The van der Waals surface area contributed by atoms with Gasteiger partial charge in [-0.05, 0) is 49.1 Å². The van der Waals surface area contributed by atoms with Crippen LogP contribution in [0.5, 0.6) is 0 Å². The van der Waals surface area contributed by atoms with Gasteiger partial charge >= 0.3 is 0 Å². The molecule has 0 aliphatic carbocycles. The summed E-state index contributed by atoms with van der Waals surface area (Å²) in [5.74, 6) is 1.42. The van der Waals surface area contributed by atoms with Crippen LogP contribution in [-0.4, -0.2) is 16.6 Å². The molecule has 1 aliphatic heterocycles. The summed E-state index contributed by atoms with van der Waals surface area (Å²) in [4.78, 5) is 18.7. The molecule has 3 rings (SSSR count). The average molecular weight is 298 g/mol. The smallest absolute Gasteiger partial charge is 0.239 e. The van der Waals surface area contributed by atoms with Crippen molar-refractivity contribution in [2.24, 2.45) is 0 Å². The summed E-state index contributed by atoms with van der Waals surface area (Å²) in [5.41, 5.74) is 4.71. The van der Waals surface area contributed by atoms with E-state index in [2.05, 4.69) is 37.0 Å². The van der Waals surface area contributed by atoms with Crippen LogP contribution in [0.2, 0.25) is 0 Å². The Kier molecular flexibility index (Phi) is 3.72. The zero-order valence-corrected chi connectivity index (χ0v) is 13.3. The third kappa shape index (κ3) is 2.44. The fraction of sp³-hybridized carbons (Fsp3) is 0.294. The van der Waals surface area contributed by atoms with E-state index in [1.807, 2.05) is 24.0 Å². The van der Waals surface area contributed by atoms with Crippen molar-refractivity contribution in [1.82, 2.24) is 4.98 Å². The number of aryl methyl sites for hydroxylation is 3. The van der Waals surface area contributed by atoms with Crippen LogP contribution in [0.15, 0.2) is 36.5 Å². The van der Waals surface area contributed by atoms with E-state index in [-0.39, 0.29) is 11.3 Å². The van der Waals surface area contributed by atoms with E-state index in [1.165, 1.54) is 16.7 Å². The number of nitrogens with zero attached hydrogens (tertiary/aromatic N) is 2. The van der Waals surface area contributed by atoms with Gasteiger partial charge in [0.1, 0.15) is 11.2 Å². The van der Waals surface area contributed by atoms with Crippen LogP contribution in [0.1, 0.15) is 27.6 Å². The van der Waals surface area contributed by atoms with E-state index in [0.29, 0.717) is 5.75 Å². The summed E-state index contributed by atoms with van der Waals surface area (Å²) in [6.45, 7) is 6.21. The molecular formula is C17H18N2OS. The van der Waals surface area contributed by atoms with Gasteiger partial charge < -0.3 is 0 Å². The lowest BCUT2D eigenvalue weighted by Crippen LogP contribution is -2.30. The van der Waals surface area contributed by atoms with E-state index in [1.54, 1.807) is 18.0 Å². The lowest BCUT2D eigenvalue weighted by atomic mass is 10.0. The highest BCUT2D eigenvalue weighted by molar-refractivity contribution is 8.00. The summed E-state index contributed by atoms with van der Waals surface area (Å²) in [6, 6.07) is 10.2. The maximum Gasteiger partial charge on any atom is 0.239 e. The second-order valence-corrected chi connectivity index (χ2v) is 6.45. The molecule has 1 aromatic carbocycles. The fourth-order valence-electron chi connectivity index (χ4n) is 2.81. The summed E-state index contributed by atoms with van der Waals surface area (Å²) in [6.07, 6.45) is 1.75. The Morgan fingerprint density at radius 1 is 1.10 bits per heavy atom. The van der Waals surface area contributed by atoms with Crippen LogP contribution < -0.4 is 4.90 Å². The molecule has 1 saturated heterocycles. The number of aromatic nitrogens is 1. The summed E-state index contributed by atoms with van der Waals surface area (Å²) >= 11 is 1.68. The molecule has 2 heterocycles. The highest BCUT2D eigenvalue weighted by Crippen LogP contribution is 2.43. The van der Waals surface area contributed by atoms with Gasteiger partial charge in [-0.25, -0.2) is 4.98 Å². The summed E-state index contributed by atoms with van der Waals surface area (Å²) < 4.78 is 0. The van der Waals surface area contributed by atoms with E-state index in [4.69, 9.17) is 0 Å². The maximum atomic E-state index is 12.4. The second kappa shape index (κ2) is 5.53. The van der Waals surface area contributed by atoms with Crippen molar-refractivity contribution in [3.8, 4) is 0 Å². The van der Waals surface area contributed by atoms with Crippen LogP contribution in [0.3, 0.4) is 0 Å². The number of pyridine rings is 1. The fourth-order valence-corrected chi connectivity index (χ4v) is 4.16. The minimum Gasteiger partial charge on any atom is -0.279 e. The second-order valence-electron chi connectivity index (χ2n) is 5.38. The Morgan fingerprint density at radius 2 is 1.76 bits per heavy atom. The molecule has 2 aromatic rings. The number of carbonyl (C=O) groups excluding carboxylic acids is 1. The van der Waals surface area contributed by atoms with Gasteiger partial charge in [0.25, 0.3) is 0 Å². The lowest BCUT2D eigenvalue weighted by Gasteiger charge is -2.27. The molecule has 1 aromatic heterocycles. The van der Waals surface area contributed by atoms with Gasteiger partial charge in [-0.3, -0.25) is 9.69 Å². The van der Waals surface area contributed by atoms with E-state index in [9.17, 15) is 4.79 Å². The first-order valence-electron chi connectivity index (χ1n) is 7.01. The predicted octanol–water partition coefficient (Wildman–Crippen LogP) is 3.79. The van der Waals surface area contributed by atoms with Gasteiger partial charge in [0.05, 0.1) is 5.75 Å². The Balaban J connectivity index is 2.11. The van der Waals surface area contributed by atoms with Gasteiger partial charge in [-0.15, -0.1) is 11.8 Å². The molecule has 1 atom stereocenters. The highest BCUT2D eigenvalue weighted by Gasteiger charge is 2.36. The van der Waals surface area contributed by atoms with Crippen molar-refractivity contribution in [2.75, 3.05) is 10.7 Å². The zero-order chi connectivity index (χ0) is 15.0. The van der Waals surface area contributed by atoms with Gasteiger partial charge in [0, 0.05) is 6.20 Å². The Morgan fingerprint density at radius 3 is 2.43 bits per heavy atom. The molecule has 21 heavy (non-hydrogen) atoms. The molecule has 1 unspecified atom stereocenters. The van der Waals surface area contributed by atoms with Gasteiger partial charge in [0.15, 0.2) is 0 Å². The van der Waals surface area contributed by atoms with Crippen LogP contribution in [0.4, 0.5) is 5.82 Å². The molecule has 4 heteroatoms. The topological polar surface area (TPSA) is 33.2 Å². The van der Waals surface area contributed by atoms with Crippen molar-refractivity contribution in [3.63, 3.8) is 0 Å². The average Bonchev–Trinajstić information content (AvgIpc) is 2.81. The van der Waals surface area contributed by atoms with Crippen molar-refractivity contribution in [1.29, 1.82) is 0 Å². The Hall–Kier alpha value is -1.81. The van der Waals surface area contributed by atoms with Crippen molar-refractivity contribution in [3.05, 3.63) is 58.8 Å². The summed E-state index contributed by atoms with van der Waals surface area (Å²) in [7, 11) is 0. The molecule has 0 N–H and O–H groups in total. The van der Waals surface area contributed by atoms with Crippen molar-refractivity contribution >= 4 is 23.5 Å². The maximum absolute atomic E-state index is 12.4. The summed E-state index contributed by atoms with van der Waals surface area (Å²) in [5, 5.41) is 0.0206. The first kappa shape index (κ1) is 14.1. The van der Waals surface area contributed by atoms with Crippen molar-refractivity contribution < 1.29 is 4.79 Å². The Bertz CT molecular complexity index is 679. The molecule has 1 amide bonds. The zero-order valence-electron chi connectivity index (χ0n) is 12.5. The van der Waals surface area contributed by atoms with E-state index in [0.717, 1.165) is 11.4 Å². The number of carbonyl (C=O) groups is 1. The minimum atomic E-state index is 0.0206. The SMILES string of the molecule is Cc1cccnc1N1C(=O)CSC1c1c(C)cccc1C. The molecule has 0 radical (unpaired) electrons. The van der Waals surface area contributed by atoms with Gasteiger partial charge in [-0.1, -0.05) is 24.3 Å². The predicted molar refractivity (Wildman–Crippen MR) is 87.6 cm³/mol. The molecule has 0 saturated carbocycles. The number of amides is 1. The van der Waals surface area contributed by atoms with Gasteiger partial charge in [0.2, 0.25) is 5.91 Å². The number of benzene rings is 1. The lowest BCUT2D eigenvalue weighted by molar-refractivity contribution is -0.115. The number of rotatable bonds is 2. The highest BCUT2D eigenvalue weighted by atomic mass is 32.2. The van der Waals surface area contributed by atoms with Gasteiger partial charge in [-0.2, -0.15) is 0 Å². The quantitative estimate of drug-likeness (QED) is 0.846. The molecule has 108 valence electrons. The molecule has 0 spiro atoms. The van der Waals surface area contributed by atoms with Crippen LogP contribution >= 0.6 is 11.8 Å². The van der Waals surface area contributed by atoms with Crippen LogP contribution in [-0.2, 0) is 4.79 Å². The largest absolute Gasteiger partial charge is 0.279 e. The first-order valence-corrected chi connectivity index (χ1v) is 8.06. The third-order valence-corrected chi connectivity index (χ3v) is 5.04. The normalized spacial score (nSPS) is 18.3. The third-order valence-electron chi connectivity index (χ3n) is 3.87. The van der Waals surface area contributed by atoms with Crippen molar-refractivity contribution in [2.45, 2.75) is 26.1 Å². The minimum absolute atomic E-state index is 0.0206. The van der Waals surface area contributed by atoms with Crippen LogP contribution in [0.25, 0.3) is 0 Å². The number of hydrogen-bond acceptors (Lipinski definition) is 3. The van der Waals surface area contributed by atoms with Crippen LogP contribution in [0, 0.1) is 20.8 Å². The standard InChI is InChI=1S/C17H18N2OS/c1-11-6-4-7-12(2)15(11)17-19(14(20)10-21-17)16-13(3)8-5-9-18-16/h4-9,17H,10H2,1-3H3. The molecule has 1 fully saturated rings.